The van der Waals surface area contributed by atoms with E-state index in [4.69, 9.17) is 16.3 Å². The Morgan fingerprint density at radius 3 is 2.68 bits per heavy atom. The van der Waals surface area contributed by atoms with Gasteiger partial charge >= 0.3 is 6.18 Å². The van der Waals surface area contributed by atoms with Crippen molar-refractivity contribution in [2.45, 2.75) is 6.18 Å². The van der Waals surface area contributed by atoms with Gasteiger partial charge in [0, 0.05) is 18.0 Å². The van der Waals surface area contributed by atoms with Gasteiger partial charge in [-0.3, -0.25) is 5.43 Å². The molecule has 134 valence electrons. The molecular weight excluding hydrogens is 375 g/mol. The second-order valence-electron chi connectivity index (χ2n) is 5.34. The molecule has 0 amide bonds. The number of morpholine rings is 1. The number of hydrogen-bond acceptors (Lipinski definition) is 5. The molecule has 0 spiro atoms. The number of anilines is 2. The van der Waals surface area contributed by atoms with E-state index in [1.807, 2.05) is 12.1 Å². The smallest absolute Gasteiger partial charge is 0.378 e. The normalized spacial score (nSPS) is 15.8. The molecule has 1 fully saturated rings. The summed E-state index contributed by atoms with van der Waals surface area (Å²) in [5.41, 5.74) is 1.90. The SMILES string of the molecule is FC(F)(F)c1ccc(Cl)c(N/N=C\c2ccc(N3CCOCC3)s2)c1. The predicted molar refractivity (Wildman–Crippen MR) is 95.0 cm³/mol. The first-order valence-electron chi connectivity index (χ1n) is 7.52. The van der Waals surface area contributed by atoms with Crippen molar-refractivity contribution in [3.05, 3.63) is 45.8 Å². The molecule has 0 saturated carbocycles. The summed E-state index contributed by atoms with van der Waals surface area (Å²) in [6, 6.07) is 6.98. The van der Waals surface area contributed by atoms with Crippen molar-refractivity contribution >= 4 is 39.8 Å². The van der Waals surface area contributed by atoms with E-state index in [0.717, 1.165) is 35.1 Å². The van der Waals surface area contributed by atoms with E-state index >= 15 is 0 Å². The number of ether oxygens (including phenoxy) is 1. The maximum absolute atomic E-state index is 12.7. The molecule has 25 heavy (non-hydrogen) atoms. The molecule has 0 bridgehead atoms. The fourth-order valence-corrected chi connectivity index (χ4v) is 3.41. The maximum atomic E-state index is 12.7. The van der Waals surface area contributed by atoms with Gasteiger partial charge in [0.05, 0.1) is 40.7 Å². The standard InChI is InChI=1S/C16H15ClF3N3OS/c17-13-3-1-11(16(18,19)20)9-14(13)22-21-10-12-2-4-15(25-12)23-5-7-24-8-6-23/h1-4,9-10,22H,5-8H2/b21-10-. The molecule has 0 unspecified atom stereocenters. The summed E-state index contributed by atoms with van der Waals surface area (Å²) < 4.78 is 43.6. The van der Waals surface area contributed by atoms with Crippen molar-refractivity contribution in [3.8, 4) is 0 Å². The van der Waals surface area contributed by atoms with Crippen LogP contribution in [-0.4, -0.2) is 32.5 Å². The van der Waals surface area contributed by atoms with Crippen LogP contribution >= 0.6 is 22.9 Å². The van der Waals surface area contributed by atoms with E-state index in [2.05, 4.69) is 15.4 Å². The lowest BCUT2D eigenvalue weighted by Crippen LogP contribution is -2.35. The van der Waals surface area contributed by atoms with Gasteiger partial charge in [0.1, 0.15) is 0 Å². The minimum Gasteiger partial charge on any atom is -0.378 e. The quantitative estimate of drug-likeness (QED) is 0.608. The van der Waals surface area contributed by atoms with Crippen LogP contribution in [0.1, 0.15) is 10.4 Å². The number of halogens is 4. The Labute approximate surface area is 151 Å². The zero-order valence-corrected chi connectivity index (χ0v) is 14.6. The molecule has 3 rings (SSSR count). The predicted octanol–water partition coefficient (Wildman–Crippen LogP) is 4.70. The van der Waals surface area contributed by atoms with E-state index in [1.54, 1.807) is 17.6 Å². The topological polar surface area (TPSA) is 36.9 Å². The second kappa shape index (κ2) is 7.63. The number of alkyl halides is 3. The van der Waals surface area contributed by atoms with Crippen LogP contribution in [0.25, 0.3) is 0 Å². The lowest BCUT2D eigenvalue weighted by molar-refractivity contribution is -0.137. The number of rotatable bonds is 4. The third-order valence-electron chi connectivity index (χ3n) is 3.61. The fourth-order valence-electron chi connectivity index (χ4n) is 2.32. The Morgan fingerprint density at radius 1 is 1.20 bits per heavy atom. The first-order valence-corrected chi connectivity index (χ1v) is 8.71. The van der Waals surface area contributed by atoms with Crippen LogP contribution in [0.3, 0.4) is 0 Å². The average Bonchev–Trinajstić information content (AvgIpc) is 3.05. The molecule has 1 aromatic heterocycles. The minimum atomic E-state index is -4.43. The van der Waals surface area contributed by atoms with Gasteiger partial charge < -0.3 is 9.64 Å². The summed E-state index contributed by atoms with van der Waals surface area (Å²) in [5, 5.41) is 5.28. The number of nitrogens with zero attached hydrogens (tertiary/aromatic N) is 2. The van der Waals surface area contributed by atoms with Gasteiger partial charge in [-0.15, -0.1) is 11.3 Å². The van der Waals surface area contributed by atoms with Gasteiger partial charge in [-0.2, -0.15) is 18.3 Å². The van der Waals surface area contributed by atoms with Crippen molar-refractivity contribution in [3.63, 3.8) is 0 Å². The number of thiophene rings is 1. The van der Waals surface area contributed by atoms with Crippen LogP contribution in [0.4, 0.5) is 23.9 Å². The Bertz CT molecular complexity index is 757. The van der Waals surface area contributed by atoms with Gasteiger partial charge in [-0.25, -0.2) is 0 Å². The molecule has 0 aliphatic carbocycles. The van der Waals surface area contributed by atoms with E-state index < -0.39 is 11.7 Å². The Balaban J connectivity index is 1.66. The van der Waals surface area contributed by atoms with Crippen LogP contribution in [0.5, 0.6) is 0 Å². The number of benzene rings is 1. The van der Waals surface area contributed by atoms with Gasteiger partial charge in [0.15, 0.2) is 0 Å². The van der Waals surface area contributed by atoms with Crippen LogP contribution in [0.2, 0.25) is 5.02 Å². The molecule has 0 radical (unpaired) electrons. The van der Waals surface area contributed by atoms with Gasteiger partial charge in [0.25, 0.3) is 0 Å². The second-order valence-corrected chi connectivity index (χ2v) is 6.84. The number of nitrogens with one attached hydrogen (secondary N) is 1. The van der Waals surface area contributed by atoms with Crippen LogP contribution in [-0.2, 0) is 10.9 Å². The Hall–Kier alpha value is -1.77. The first kappa shape index (κ1) is 18.0. The highest BCUT2D eigenvalue weighted by atomic mass is 35.5. The van der Waals surface area contributed by atoms with Crippen LogP contribution < -0.4 is 10.3 Å². The average molecular weight is 390 g/mol. The molecule has 1 N–H and O–H groups in total. The molecular formula is C16H15ClF3N3OS. The Morgan fingerprint density at radius 2 is 1.96 bits per heavy atom. The molecule has 1 aliphatic heterocycles. The minimum absolute atomic E-state index is 0.109. The molecule has 1 aromatic carbocycles. The van der Waals surface area contributed by atoms with Gasteiger partial charge in [-0.1, -0.05) is 11.6 Å². The molecule has 2 aromatic rings. The van der Waals surface area contributed by atoms with Crippen molar-refractivity contribution in [2.24, 2.45) is 5.10 Å². The lowest BCUT2D eigenvalue weighted by Gasteiger charge is -2.27. The van der Waals surface area contributed by atoms with Crippen molar-refractivity contribution in [1.82, 2.24) is 0 Å². The first-order chi connectivity index (χ1) is 11.9. The maximum Gasteiger partial charge on any atom is 0.416 e. The molecule has 1 saturated heterocycles. The van der Waals surface area contributed by atoms with E-state index in [-0.39, 0.29) is 10.7 Å². The van der Waals surface area contributed by atoms with Gasteiger partial charge in [0.2, 0.25) is 0 Å². The third-order valence-corrected chi connectivity index (χ3v) is 5.02. The summed E-state index contributed by atoms with van der Waals surface area (Å²) in [4.78, 5) is 3.11. The fraction of sp³-hybridized carbons (Fsp3) is 0.312. The van der Waals surface area contributed by atoms with Crippen LogP contribution in [0.15, 0.2) is 35.4 Å². The summed E-state index contributed by atoms with van der Waals surface area (Å²) in [6.07, 6.45) is -2.86. The van der Waals surface area contributed by atoms with Crippen molar-refractivity contribution in [2.75, 3.05) is 36.6 Å². The molecule has 4 nitrogen and oxygen atoms in total. The lowest BCUT2D eigenvalue weighted by atomic mass is 10.2. The summed E-state index contributed by atoms with van der Waals surface area (Å²) in [5.74, 6) is 0. The molecule has 2 heterocycles. The van der Waals surface area contributed by atoms with E-state index in [1.165, 1.54) is 6.07 Å². The zero-order valence-electron chi connectivity index (χ0n) is 13.0. The summed E-state index contributed by atoms with van der Waals surface area (Å²) in [7, 11) is 0. The van der Waals surface area contributed by atoms with Crippen molar-refractivity contribution in [1.29, 1.82) is 0 Å². The third kappa shape index (κ3) is 4.65. The van der Waals surface area contributed by atoms with Gasteiger partial charge in [-0.05, 0) is 30.3 Å². The number of hydrogen-bond donors (Lipinski definition) is 1. The molecule has 0 atom stereocenters. The zero-order chi connectivity index (χ0) is 17.9. The van der Waals surface area contributed by atoms with Crippen molar-refractivity contribution < 1.29 is 17.9 Å². The highest BCUT2D eigenvalue weighted by molar-refractivity contribution is 7.17. The summed E-state index contributed by atoms with van der Waals surface area (Å²) in [6.45, 7) is 3.10. The van der Waals surface area contributed by atoms with E-state index in [0.29, 0.717) is 13.2 Å². The monoisotopic (exact) mass is 389 g/mol. The largest absolute Gasteiger partial charge is 0.416 e. The summed E-state index contributed by atoms with van der Waals surface area (Å²) >= 11 is 7.47. The highest BCUT2D eigenvalue weighted by Crippen LogP contribution is 2.33. The van der Waals surface area contributed by atoms with E-state index in [9.17, 15) is 13.2 Å². The Kier molecular flexibility index (Phi) is 5.51. The molecule has 9 heteroatoms. The number of hydrazone groups is 1. The molecule has 1 aliphatic rings. The highest BCUT2D eigenvalue weighted by Gasteiger charge is 2.30. The van der Waals surface area contributed by atoms with Crippen LogP contribution in [0, 0.1) is 0 Å².